The lowest BCUT2D eigenvalue weighted by Crippen LogP contribution is -2.26. The molecule has 0 unspecified atom stereocenters. The predicted octanol–water partition coefficient (Wildman–Crippen LogP) is 1.35. The van der Waals surface area contributed by atoms with Crippen LogP contribution in [-0.4, -0.2) is 25.9 Å². The van der Waals surface area contributed by atoms with E-state index in [4.69, 9.17) is 16.7 Å². The second-order valence-electron chi connectivity index (χ2n) is 4.54. The van der Waals surface area contributed by atoms with E-state index in [1.165, 1.54) is 12.1 Å². The van der Waals surface area contributed by atoms with Crippen molar-refractivity contribution in [3.8, 4) is 0 Å². The molecule has 1 heterocycles. The van der Waals surface area contributed by atoms with Gasteiger partial charge < -0.3 is 5.32 Å². The maximum absolute atomic E-state index is 11.8. The van der Waals surface area contributed by atoms with Crippen LogP contribution in [0.25, 0.3) is 0 Å². The van der Waals surface area contributed by atoms with Gasteiger partial charge in [0.1, 0.15) is 10.8 Å². The Bertz CT molecular complexity index is 776. The maximum atomic E-state index is 11.8. The first-order chi connectivity index (χ1) is 10.4. The fraction of sp³-hybridized carbons (Fsp3) is 0.143. The lowest BCUT2D eigenvalue weighted by molar-refractivity contribution is 0.0949. The van der Waals surface area contributed by atoms with Crippen LogP contribution in [0.4, 0.5) is 0 Å². The van der Waals surface area contributed by atoms with Gasteiger partial charge in [-0.1, -0.05) is 29.8 Å². The van der Waals surface area contributed by atoms with E-state index in [9.17, 15) is 13.2 Å². The third kappa shape index (κ3) is 4.52. The van der Waals surface area contributed by atoms with Crippen molar-refractivity contribution in [3.63, 3.8) is 0 Å². The molecule has 0 spiro atoms. The lowest BCUT2D eigenvalue weighted by atomic mass is 10.1. The number of pyridine rings is 1. The largest absolute Gasteiger partial charge is 0.350 e. The molecule has 0 aliphatic heterocycles. The molecule has 1 amide bonds. The molecule has 0 fully saturated rings. The zero-order valence-corrected chi connectivity index (χ0v) is 13.1. The number of nitrogens with one attached hydrogen (secondary N) is 1. The number of hydrogen-bond acceptors (Lipinski definition) is 4. The van der Waals surface area contributed by atoms with Gasteiger partial charge in [-0.05, 0) is 36.2 Å². The van der Waals surface area contributed by atoms with Gasteiger partial charge in [0, 0.05) is 6.54 Å². The lowest BCUT2D eigenvalue weighted by Gasteiger charge is -2.06. The number of aromatic nitrogens is 1. The van der Waals surface area contributed by atoms with E-state index in [1.54, 1.807) is 30.3 Å². The van der Waals surface area contributed by atoms with Crippen molar-refractivity contribution < 1.29 is 13.2 Å². The van der Waals surface area contributed by atoms with Crippen molar-refractivity contribution in [2.45, 2.75) is 11.3 Å². The number of primary sulfonamides is 1. The molecule has 0 aliphatic carbocycles. The summed E-state index contributed by atoms with van der Waals surface area (Å²) in [6.45, 7) is 0.391. The van der Waals surface area contributed by atoms with Crippen LogP contribution < -0.4 is 10.5 Å². The average molecular weight is 340 g/mol. The molecular weight excluding hydrogens is 326 g/mol. The highest BCUT2D eigenvalue weighted by molar-refractivity contribution is 7.89. The van der Waals surface area contributed by atoms with E-state index in [1.807, 2.05) is 0 Å². The first-order valence-corrected chi connectivity index (χ1v) is 8.31. The monoisotopic (exact) mass is 339 g/mol. The van der Waals surface area contributed by atoms with Crippen molar-refractivity contribution >= 4 is 27.5 Å². The highest BCUT2D eigenvalue weighted by atomic mass is 35.5. The summed E-state index contributed by atoms with van der Waals surface area (Å²) in [7, 11) is -3.68. The molecule has 22 heavy (non-hydrogen) atoms. The number of nitrogens with two attached hydrogens (primary N) is 1. The molecule has 2 rings (SSSR count). The third-order valence-corrected chi connectivity index (χ3v) is 4.04. The Labute approximate surface area is 133 Å². The van der Waals surface area contributed by atoms with Crippen LogP contribution in [-0.2, 0) is 16.4 Å². The van der Waals surface area contributed by atoms with E-state index >= 15 is 0 Å². The average Bonchev–Trinajstić information content (AvgIpc) is 2.47. The number of carbonyl (C=O) groups is 1. The van der Waals surface area contributed by atoms with Gasteiger partial charge in [-0.3, -0.25) is 4.79 Å². The summed E-state index contributed by atoms with van der Waals surface area (Å²) in [5.41, 5.74) is 1.13. The fourth-order valence-corrected chi connectivity index (χ4v) is 2.47. The maximum Gasteiger partial charge on any atom is 0.269 e. The summed E-state index contributed by atoms with van der Waals surface area (Å²) in [6, 6.07) is 11.0. The summed E-state index contributed by atoms with van der Waals surface area (Å²) < 4.78 is 22.3. The number of amides is 1. The van der Waals surface area contributed by atoms with E-state index in [2.05, 4.69) is 10.3 Å². The van der Waals surface area contributed by atoms with Crippen LogP contribution in [0.5, 0.6) is 0 Å². The summed E-state index contributed by atoms with van der Waals surface area (Å²) in [6.07, 6.45) is 0.553. The Morgan fingerprint density at radius 2 is 1.86 bits per heavy atom. The van der Waals surface area contributed by atoms with Crippen LogP contribution >= 0.6 is 11.6 Å². The normalized spacial score (nSPS) is 11.2. The highest BCUT2D eigenvalue weighted by Gasteiger charge is 2.08. The minimum atomic E-state index is -3.68. The minimum absolute atomic E-state index is 0.0587. The van der Waals surface area contributed by atoms with Crippen LogP contribution in [0.3, 0.4) is 0 Å². The smallest absolute Gasteiger partial charge is 0.269 e. The Balaban J connectivity index is 1.90. The van der Waals surface area contributed by atoms with Gasteiger partial charge in [-0.25, -0.2) is 18.5 Å². The summed E-state index contributed by atoms with van der Waals surface area (Å²) in [5.74, 6) is -0.316. The van der Waals surface area contributed by atoms with Gasteiger partial charge in [0.15, 0.2) is 0 Å². The van der Waals surface area contributed by atoms with Crippen LogP contribution in [0, 0.1) is 0 Å². The van der Waals surface area contributed by atoms with Crippen molar-refractivity contribution in [1.82, 2.24) is 10.3 Å². The topological polar surface area (TPSA) is 102 Å². The number of nitrogens with zero attached hydrogens (tertiary/aromatic N) is 1. The number of sulfonamides is 1. The Hall–Kier alpha value is -1.96. The van der Waals surface area contributed by atoms with Gasteiger partial charge >= 0.3 is 0 Å². The van der Waals surface area contributed by atoms with Gasteiger partial charge in [-0.15, -0.1) is 0 Å². The predicted molar refractivity (Wildman–Crippen MR) is 83.1 cm³/mol. The van der Waals surface area contributed by atoms with E-state index in [0.717, 1.165) is 5.56 Å². The molecular formula is C14H14ClN3O3S. The number of rotatable bonds is 5. The fourth-order valence-electron chi connectivity index (χ4n) is 1.79. The third-order valence-electron chi connectivity index (χ3n) is 2.90. The van der Waals surface area contributed by atoms with Crippen molar-refractivity contribution in [2.24, 2.45) is 5.14 Å². The first-order valence-electron chi connectivity index (χ1n) is 6.39. The second kappa shape index (κ2) is 6.87. The van der Waals surface area contributed by atoms with Gasteiger partial charge in [0.25, 0.3) is 5.91 Å². The molecule has 2 aromatic rings. The summed E-state index contributed by atoms with van der Waals surface area (Å²) in [4.78, 5) is 15.8. The summed E-state index contributed by atoms with van der Waals surface area (Å²) in [5, 5.41) is 7.99. The van der Waals surface area contributed by atoms with E-state index in [-0.39, 0.29) is 21.6 Å². The molecule has 3 N–H and O–H groups in total. The van der Waals surface area contributed by atoms with Crippen molar-refractivity contribution in [1.29, 1.82) is 0 Å². The standard InChI is InChI=1S/C14H14ClN3O3S/c15-13-3-1-2-12(18-13)14(19)17-9-8-10-4-6-11(7-5-10)22(16,20)21/h1-7H,8-9H2,(H,17,19)(H2,16,20,21). The molecule has 6 nitrogen and oxygen atoms in total. The van der Waals surface area contributed by atoms with Gasteiger partial charge in [0.2, 0.25) is 10.0 Å². The zero-order valence-electron chi connectivity index (χ0n) is 11.5. The van der Waals surface area contributed by atoms with Gasteiger partial charge in [0.05, 0.1) is 4.90 Å². The summed E-state index contributed by atoms with van der Waals surface area (Å²) >= 11 is 5.72. The van der Waals surface area contributed by atoms with Crippen LogP contribution in [0.2, 0.25) is 5.15 Å². The molecule has 1 aromatic carbocycles. The Morgan fingerprint density at radius 1 is 1.18 bits per heavy atom. The zero-order chi connectivity index (χ0) is 16.2. The number of benzene rings is 1. The molecule has 0 radical (unpaired) electrons. The van der Waals surface area contributed by atoms with E-state index < -0.39 is 10.0 Å². The van der Waals surface area contributed by atoms with E-state index in [0.29, 0.717) is 13.0 Å². The molecule has 0 atom stereocenters. The number of hydrogen-bond donors (Lipinski definition) is 2. The first kappa shape index (κ1) is 16.4. The molecule has 8 heteroatoms. The van der Waals surface area contributed by atoms with Crippen molar-refractivity contribution in [3.05, 3.63) is 58.9 Å². The molecule has 116 valence electrons. The Morgan fingerprint density at radius 3 is 2.45 bits per heavy atom. The second-order valence-corrected chi connectivity index (χ2v) is 6.49. The molecule has 0 bridgehead atoms. The molecule has 0 aliphatic rings. The number of carbonyl (C=O) groups excluding carboxylic acids is 1. The Kier molecular flexibility index (Phi) is 5.12. The minimum Gasteiger partial charge on any atom is -0.350 e. The van der Waals surface area contributed by atoms with Gasteiger partial charge in [-0.2, -0.15) is 0 Å². The highest BCUT2D eigenvalue weighted by Crippen LogP contribution is 2.09. The van der Waals surface area contributed by atoms with Crippen LogP contribution in [0.15, 0.2) is 47.4 Å². The van der Waals surface area contributed by atoms with Crippen molar-refractivity contribution in [2.75, 3.05) is 6.54 Å². The molecule has 0 saturated heterocycles. The SMILES string of the molecule is NS(=O)(=O)c1ccc(CCNC(=O)c2cccc(Cl)n2)cc1. The molecule has 1 aromatic heterocycles. The molecule has 0 saturated carbocycles. The van der Waals surface area contributed by atoms with Crippen LogP contribution in [0.1, 0.15) is 16.1 Å². The number of halogens is 1. The quantitative estimate of drug-likeness (QED) is 0.803.